The zero-order valence-electron chi connectivity index (χ0n) is 18.5. The van der Waals surface area contributed by atoms with Gasteiger partial charge in [0.2, 0.25) is 4.96 Å². The van der Waals surface area contributed by atoms with E-state index in [1.807, 2.05) is 32.0 Å². The highest BCUT2D eigenvalue weighted by molar-refractivity contribution is 7.16. The van der Waals surface area contributed by atoms with Crippen molar-refractivity contribution >= 4 is 27.9 Å². The van der Waals surface area contributed by atoms with Crippen LogP contribution in [0.4, 0.5) is 5.69 Å². The van der Waals surface area contributed by atoms with Crippen LogP contribution in [-0.2, 0) is 11.4 Å². The summed E-state index contributed by atoms with van der Waals surface area (Å²) in [6.07, 6.45) is -0.670. The number of fused-ring (bicyclic) bond motifs is 1. The summed E-state index contributed by atoms with van der Waals surface area (Å²) in [5.41, 5.74) is 0.849. The van der Waals surface area contributed by atoms with Crippen LogP contribution in [0.2, 0.25) is 0 Å². The Morgan fingerprint density at radius 3 is 2.58 bits per heavy atom. The van der Waals surface area contributed by atoms with Gasteiger partial charge in [-0.15, -0.1) is 0 Å². The van der Waals surface area contributed by atoms with Gasteiger partial charge >= 0.3 is 0 Å². The Kier molecular flexibility index (Phi) is 6.69. The molecule has 0 saturated carbocycles. The molecule has 2 heterocycles. The van der Waals surface area contributed by atoms with Crippen LogP contribution in [0.15, 0.2) is 65.5 Å². The monoisotopic (exact) mass is 464 g/mol. The van der Waals surface area contributed by atoms with Crippen LogP contribution < -0.4 is 20.3 Å². The number of anilines is 1. The van der Waals surface area contributed by atoms with Gasteiger partial charge < -0.3 is 14.8 Å². The van der Waals surface area contributed by atoms with Gasteiger partial charge in [0.1, 0.15) is 23.1 Å². The van der Waals surface area contributed by atoms with Crippen molar-refractivity contribution in [2.24, 2.45) is 0 Å². The Labute approximate surface area is 194 Å². The number of nitrogens with one attached hydrogen (secondary N) is 1. The molecule has 2 aromatic carbocycles. The van der Waals surface area contributed by atoms with Crippen molar-refractivity contribution in [2.45, 2.75) is 39.4 Å². The van der Waals surface area contributed by atoms with Gasteiger partial charge in [0.15, 0.2) is 6.10 Å². The molecule has 4 rings (SSSR count). The molecule has 4 aromatic rings. The Balaban J connectivity index is 1.40. The summed E-state index contributed by atoms with van der Waals surface area (Å²) in [7, 11) is 0. The highest BCUT2D eigenvalue weighted by Crippen LogP contribution is 2.21. The summed E-state index contributed by atoms with van der Waals surface area (Å²) in [6, 6.07) is 17.6. The first kappa shape index (κ1) is 22.5. The third-order valence-electron chi connectivity index (χ3n) is 4.72. The summed E-state index contributed by atoms with van der Waals surface area (Å²) in [5.74, 6) is 1.11. The SMILES string of the molecule is CC(C)c1nn2c(=O)cc(COc3cccc(NC(=O)[C@@H](C)Oc4ccccc4)c3)nc2s1. The number of rotatable bonds is 8. The quantitative estimate of drug-likeness (QED) is 0.419. The molecule has 0 bridgehead atoms. The summed E-state index contributed by atoms with van der Waals surface area (Å²) in [4.78, 5) is 29.9. The van der Waals surface area contributed by atoms with E-state index in [2.05, 4.69) is 15.4 Å². The van der Waals surface area contributed by atoms with E-state index < -0.39 is 6.10 Å². The molecule has 2 aromatic heterocycles. The molecule has 1 atom stereocenters. The van der Waals surface area contributed by atoms with E-state index in [1.54, 1.807) is 43.3 Å². The molecule has 0 spiro atoms. The second-order valence-electron chi connectivity index (χ2n) is 7.75. The van der Waals surface area contributed by atoms with Gasteiger partial charge in [-0.1, -0.05) is 49.4 Å². The fourth-order valence-electron chi connectivity index (χ4n) is 3.00. The van der Waals surface area contributed by atoms with Crippen molar-refractivity contribution in [1.29, 1.82) is 0 Å². The molecule has 33 heavy (non-hydrogen) atoms. The van der Waals surface area contributed by atoms with E-state index in [0.29, 0.717) is 27.8 Å². The van der Waals surface area contributed by atoms with E-state index in [1.165, 1.54) is 21.9 Å². The number of carbonyl (C=O) groups excluding carboxylic acids is 1. The van der Waals surface area contributed by atoms with Crippen LogP contribution in [0.5, 0.6) is 11.5 Å². The Bertz CT molecular complexity index is 1320. The normalized spacial score (nSPS) is 12.0. The second-order valence-corrected chi connectivity index (χ2v) is 8.74. The van der Waals surface area contributed by atoms with Crippen LogP contribution in [0.1, 0.15) is 37.4 Å². The Morgan fingerprint density at radius 1 is 1.06 bits per heavy atom. The van der Waals surface area contributed by atoms with Crippen molar-refractivity contribution in [3.05, 3.63) is 81.7 Å². The summed E-state index contributed by atoms with van der Waals surface area (Å²) >= 11 is 1.39. The largest absolute Gasteiger partial charge is 0.487 e. The molecule has 0 unspecified atom stereocenters. The average Bonchev–Trinajstić information content (AvgIpc) is 3.24. The van der Waals surface area contributed by atoms with Crippen molar-refractivity contribution in [3.8, 4) is 11.5 Å². The lowest BCUT2D eigenvalue weighted by atomic mass is 10.2. The lowest BCUT2D eigenvalue weighted by molar-refractivity contribution is -0.122. The van der Waals surface area contributed by atoms with Gasteiger partial charge in [-0.05, 0) is 31.2 Å². The highest BCUT2D eigenvalue weighted by Gasteiger charge is 2.15. The predicted molar refractivity (Wildman–Crippen MR) is 127 cm³/mol. The Hall–Kier alpha value is -3.72. The summed E-state index contributed by atoms with van der Waals surface area (Å²) in [6.45, 7) is 5.85. The Morgan fingerprint density at radius 2 is 1.82 bits per heavy atom. The maximum Gasteiger partial charge on any atom is 0.275 e. The van der Waals surface area contributed by atoms with E-state index >= 15 is 0 Å². The first-order chi connectivity index (χ1) is 15.9. The third kappa shape index (κ3) is 5.56. The highest BCUT2D eigenvalue weighted by atomic mass is 32.1. The lowest BCUT2D eigenvalue weighted by Crippen LogP contribution is -2.30. The van der Waals surface area contributed by atoms with Crippen LogP contribution in [0, 0.1) is 0 Å². The van der Waals surface area contributed by atoms with Crippen LogP contribution in [0.25, 0.3) is 4.96 Å². The summed E-state index contributed by atoms with van der Waals surface area (Å²) < 4.78 is 12.8. The molecule has 0 aliphatic rings. The first-order valence-electron chi connectivity index (χ1n) is 10.5. The predicted octanol–water partition coefficient (Wildman–Crippen LogP) is 4.26. The third-order valence-corrected chi connectivity index (χ3v) is 5.93. The fraction of sp³-hybridized carbons (Fsp3) is 0.250. The van der Waals surface area contributed by atoms with Crippen LogP contribution in [-0.4, -0.2) is 26.6 Å². The number of ether oxygens (including phenoxy) is 2. The zero-order chi connectivity index (χ0) is 23.4. The van der Waals surface area contributed by atoms with E-state index in [4.69, 9.17) is 9.47 Å². The molecule has 9 heteroatoms. The van der Waals surface area contributed by atoms with E-state index in [9.17, 15) is 9.59 Å². The smallest absolute Gasteiger partial charge is 0.275 e. The molecule has 0 aliphatic heterocycles. The molecule has 0 radical (unpaired) electrons. The first-order valence-corrected chi connectivity index (χ1v) is 11.4. The van der Waals surface area contributed by atoms with Gasteiger partial charge in [0, 0.05) is 23.7 Å². The number of para-hydroxylation sites is 1. The average molecular weight is 465 g/mol. The minimum Gasteiger partial charge on any atom is -0.487 e. The van der Waals surface area contributed by atoms with Gasteiger partial charge in [0.25, 0.3) is 11.5 Å². The molecular weight excluding hydrogens is 440 g/mol. The minimum atomic E-state index is -0.670. The molecule has 1 N–H and O–H groups in total. The van der Waals surface area contributed by atoms with Crippen molar-refractivity contribution in [1.82, 2.24) is 14.6 Å². The standard InChI is InChI=1S/C24H24N4O4S/c1-15(2)23-27-28-21(29)13-18(26-24(28)33-23)14-31-20-11-7-8-17(12-20)25-22(30)16(3)32-19-9-5-4-6-10-19/h4-13,15-16H,14H2,1-3H3,(H,25,30)/t16-/m1/s1. The molecule has 1 amide bonds. The number of nitrogens with zero attached hydrogens (tertiary/aromatic N) is 3. The van der Waals surface area contributed by atoms with Crippen molar-refractivity contribution < 1.29 is 14.3 Å². The number of aromatic nitrogens is 3. The van der Waals surface area contributed by atoms with Crippen molar-refractivity contribution in [2.75, 3.05) is 5.32 Å². The number of hydrogen-bond donors (Lipinski definition) is 1. The van der Waals surface area contributed by atoms with E-state index in [-0.39, 0.29) is 24.0 Å². The number of carbonyl (C=O) groups is 1. The minimum absolute atomic E-state index is 0.117. The van der Waals surface area contributed by atoms with Crippen LogP contribution in [0.3, 0.4) is 0 Å². The molecule has 0 aliphatic carbocycles. The molecule has 170 valence electrons. The van der Waals surface area contributed by atoms with Gasteiger partial charge in [-0.25, -0.2) is 4.98 Å². The van der Waals surface area contributed by atoms with Gasteiger partial charge in [0.05, 0.1) is 5.69 Å². The van der Waals surface area contributed by atoms with Gasteiger partial charge in [-0.2, -0.15) is 9.61 Å². The molecule has 8 nitrogen and oxygen atoms in total. The number of amides is 1. The van der Waals surface area contributed by atoms with Crippen LogP contribution >= 0.6 is 11.3 Å². The topological polar surface area (TPSA) is 94.8 Å². The van der Waals surface area contributed by atoms with E-state index in [0.717, 1.165) is 5.01 Å². The van der Waals surface area contributed by atoms with Crippen molar-refractivity contribution in [3.63, 3.8) is 0 Å². The van der Waals surface area contributed by atoms with Gasteiger partial charge in [-0.3, -0.25) is 9.59 Å². The summed E-state index contributed by atoms with van der Waals surface area (Å²) in [5, 5.41) is 8.00. The number of benzene rings is 2. The molecule has 0 fully saturated rings. The zero-order valence-corrected chi connectivity index (χ0v) is 19.3. The maximum absolute atomic E-state index is 12.5. The molecular formula is C24H24N4O4S. The number of hydrogen-bond acceptors (Lipinski definition) is 7. The fourth-order valence-corrected chi connectivity index (χ4v) is 3.93. The maximum atomic E-state index is 12.5. The lowest BCUT2D eigenvalue weighted by Gasteiger charge is -2.15. The second kappa shape index (κ2) is 9.83. The molecule has 0 saturated heterocycles.